The van der Waals surface area contributed by atoms with Crippen molar-refractivity contribution in [3.05, 3.63) is 36.1 Å². The van der Waals surface area contributed by atoms with Crippen molar-refractivity contribution in [3.63, 3.8) is 0 Å². The highest BCUT2D eigenvalue weighted by Gasteiger charge is 2.49. The largest absolute Gasteiger partial charge is 0.463 e. The van der Waals surface area contributed by atoms with Crippen LogP contribution < -0.4 is 0 Å². The van der Waals surface area contributed by atoms with E-state index in [1.807, 2.05) is 12.1 Å². The minimum absolute atomic E-state index is 0.108. The maximum Gasteiger partial charge on any atom is 0.258 e. The van der Waals surface area contributed by atoms with E-state index < -0.39 is 21.9 Å². The van der Waals surface area contributed by atoms with E-state index in [2.05, 4.69) is 0 Å². The molecule has 0 bridgehead atoms. The lowest BCUT2D eigenvalue weighted by atomic mass is 10.0. The van der Waals surface area contributed by atoms with Crippen molar-refractivity contribution < 1.29 is 27.2 Å². The number of carbonyl (C=O) groups is 2. The minimum Gasteiger partial charge on any atom is -0.463 e. The van der Waals surface area contributed by atoms with Crippen LogP contribution in [-0.4, -0.2) is 80.4 Å². The second kappa shape index (κ2) is 6.65. The number of hydrogen-bond acceptors (Lipinski definition) is 6. The third-order valence-corrected chi connectivity index (χ3v) is 6.94. The predicted octanol–water partition coefficient (Wildman–Crippen LogP) is 0.529. The van der Waals surface area contributed by atoms with Gasteiger partial charge >= 0.3 is 0 Å². The number of methoxy groups -OCH3 is 1. The Balaban J connectivity index is 1.66. The first-order chi connectivity index (χ1) is 12.9. The maximum absolute atomic E-state index is 13.2. The number of carbonyl (C=O) groups excluding carboxylic acids is 2. The lowest BCUT2D eigenvalue weighted by Crippen LogP contribution is -2.62. The van der Waals surface area contributed by atoms with E-state index in [1.54, 1.807) is 17.0 Å². The van der Waals surface area contributed by atoms with E-state index in [-0.39, 0.29) is 43.0 Å². The van der Waals surface area contributed by atoms with Crippen LogP contribution in [0.4, 0.5) is 0 Å². The Hall–Kier alpha value is -2.39. The Morgan fingerprint density at radius 3 is 2.56 bits per heavy atom. The van der Waals surface area contributed by atoms with Gasteiger partial charge < -0.3 is 19.0 Å². The predicted molar refractivity (Wildman–Crippen MR) is 97.1 cm³/mol. The van der Waals surface area contributed by atoms with Gasteiger partial charge in [0.1, 0.15) is 18.5 Å². The second-order valence-corrected chi connectivity index (χ2v) is 9.03. The molecular weight excluding hydrogens is 372 g/mol. The number of benzene rings is 1. The van der Waals surface area contributed by atoms with Crippen molar-refractivity contribution in [2.75, 3.05) is 38.3 Å². The standard InChI is InChI=1S/C18H20N2O6S/c1-25-9-17(21)19-6-7-20(15-11-27(23,24)10-14(15)19)18(22)13-8-26-16-5-3-2-4-12(13)16/h2-5,8,14-15H,6-7,9-11H2,1H3. The van der Waals surface area contributed by atoms with E-state index in [0.29, 0.717) is 16.5 Å². The number of rotatable bonds is 3. The SMILES string of the molecule is COCC(=O)N1CCN(C(=O)c2coc3ccccc23)C2CS(=O)(=O)CC21. The first-order valence-corrected chi connectivity index (χ1v) is 10.5. The van der Waals surface area contributed by atoms with Gasteiger partial charge in [0.05, 0.1) is 29.2 Å². The Labute approximate surface area is 156 Å². The van der Waals surface area contributed by atoms with Gasteiger partial charge in [-0.05, 0) is 6.07 Å². The molecule has 1 aromatic heterocycles. The number of sulfone groups is 1. The van der Waals surface area contributed by atoms with Crippen molar-refractivity contribution in [1.29, 1.82) is 0 Å². The molecule has 0 saturated carbocycles. The maximum atomic E-state index is 13.2. The highest BCUT2D eigenvalue weighted by Crippen LogP contribution is 2.30. The fourth-order valence-corrected chi connectivity index (χ4v) is 6.00. The quantitative estimate of drug-likeness (QED) is 0.756. The number of fused-ring (bicyclic) bond motifs is 2. The Morgan fingerprint density at radius 2 is 1.81 bits per heavy atom. The van der Waals surface area contributed by atoms with E-state index in [1.165, 1.54) is 18.3 Å². The molecule has 2 fully saturated rings. The van der Waals surface area contributed by atoms with Crippen molar-refractivity contribution in [3.8, 4) is 0 Å². The summed E-state index contributed by atoms with van der Waals surface area (Å²) in [4.78, 5) is 28.6. The third-order valence-electron chi connectivity index (χ3n) is 5.24. The zero-order valence-electron chi connectivity index (χ0n) is 14.8. The summed E-state index contributed by atoms with van der Waals surface area (Å²) < 4.78 is 34.9. The smallest absolute Gasteiger partial charge is 0.258 e. The van der Waals surface area contributed by atoms with Crippen LogP contribution in [0.1, 0.15) is 10.4 Å². The molecular formula is C18H20N2O6S. The molecule has 0 radical (unpaired) electrons. The molecule has 2 atom stereocenters. The summed E-state index contributed by atoms with van der Waals surface area (Å²) in [5.74, 6) is -0.810. The second-order valence-electron chi connectivity index (χ2n) is 6.88. The van der Waals surface area contributed by atoms with Gasteiger partial charge in [-0.3, -0.25) is 9.59 Å². The molecule has 2 amide bonds. The Morgan fingerprint density at radius 1 is 1.15 bits per heavy atom. The molecule has 2 unspecified atom stereocenters. The molecule has 1 aromatic carbocycles. The average molecular weight is 392 g/mol. The molecule has 2 aliphatic heterocycles. The summed E-state index contributed by atoms with van der Waals surface area (Å²) in [5, 5.41) is 0.692. The van der Waals surface area contributed by atoms with Gasteiger partial charge in [0, 0.05) is 25.6 Å². The number of para-hydroxylation sites is 1. The number of ether oxygens (including phenoxy) is 1. The van der Waals surface area contributed by atoms with Crippen molar-refractivity contribution in [2.45, 2.75) is 12.1 Å². The van der Waals surface area contributed by atoms with Crippen molar-refractivity contribution in [2.24, 2.45) is 0 Å². The topological polar surface area (TPSA) is 97.1 Å². The average Bonchev–Trinajstić information content (AvgIpc) is 3.20. The van der Waals surface area contributed by atoms with Gasteiger partial charge in [-0.25, -0.2) is 8.42 Å². The van der Waals surface area contributed by atoms with Crippen molar-refractivity contribution in [1.82, 2.24) is 9.80 Å². The summed E-state index contributed by atoms with van der Waals surface area (Å²) in [6.07, 6.45) is 1.41. The molecule has 27 heavy (non-hydrogen) atoms. The molecule has 0 aliphatic carbocycles. The number of piperazine rings is 1. The molecule has 2 aliphatic rings. The first kappa shape index (κ1) is 18.0. The molecule has 0 spiro atoms. The number of hydrogen-bond donors (Lipinski definition) is 0. The lowest BCUT2D eigenvalue weighted by molar-refractivity contribution is -0.140. The zero-order valence-corrected chi connectivity index (χ0v) is 15.6. The van der Waals surface area contributed by atoms with E-state index >= 15 is 0 Å². The fraction of sp³-hybridized carbons (Fsp3) is 0.444. The molecule has 144 valence electrons. The Bertz CT molecular complexity index is 998. The fourth-order valence-electron chi connectivity index (χ4n) is 4.02. The van der Waals surface area contributed by atoms with Gasteiger partial charge in [0.25, 0.3) is 5.91 Å². The van der Waals surface area contributed by atoms with Crippen LogP contribution in [0.15, 0.2) is 34.9 Å². The molecule has 3 heterocycles. The summed E-state index contributed by atoms with van der Waals surface area (Å²) >= 11 is 0. The van der Waals surface area contributed by atoms with Gasteiger partial charge in [0.2, 0.25) is 5.91 Å². The van der Waals surface area contributed by atoms with Gasteiger partial charge in [-0.15, -0.1) is 0 Å². The van der Waals surface area contributed by atoms with Crippen LogP contribution in [0, 0.1) is 0 Å². The van der Waals surface area contributed by atoms with Crippen LogP contribution in [-0.2, 0) is 19.4 Å². The highest BCUT2D eigenvalue weighted by molar-refractivity contribution is 7.91. The van der Waals surface area contributed by atoms with Gasteiger partial charge in [-0.1, -0.05) is 18.2 Å². The van der Waals surface area contributed by atoms with Crippen LogP contribution in [0.5, 0.6) is 0 Å². The van der Waals surface area contributed by atoms with E-state index in [0.717, 1.165) is 0 Å². The molecule has 2 saturated heterocycles. The summed E-state index contributed by atoms with van der Waals surface area (Å²) in [7, 11) is -1.92. The van der Waals surface area contributed by atoms with Crippen LogP contribution in [0.25, 0.3) is 11.0 Å². The lowest BCUT2D eigenvalue weighted by Gasteiger charge is -2.43. The van der Waals surface area contributed by atoms with Crippen LogP contribution >= 0.6 is 0 Å². The monoisotopic (exact) mass is 392 g/mol. The summed E-state index contributed by atoms with van der Waals surface area (Å²) in [5.41, 5.74) is 1.01. The molecule has 2 aromatic rings. The normalized spacial score (nSPS) is 24.2. The van der Waals surface area contributed by atoms with Crippen LogP contribution in [0.2, 0.25) is 0 Å². The molecule has 8 nitrogen and oxygen atoms in total. The third kappa shape index (κ3) is 3.10. The van der Waals surface area contributed by atoms with Crippen LogP contribution in [0.3, 0.4) is 0 Å². The summed E-state index contributed by atoms with van der Waals surface area (Å²) in [6.45, 7) is 0.439. The molecule has 0 N–H and O–H groups in total. The number of amides is 2. The van der Waals surface area contributed by atoms with Gasteiger partial charge in [-0.2, -0.15) is 0 Å². The molecule has 9 heteroatoms. The van der Waals surface area contributed by atoms with Gasteiger partial charge in [0.15, 0.2) is 9.84 Å². The first-order valence-electron chi connectivity index (χ1n) is 8.67. The van der Waals surface area contributed by atoms with Crippen molar-refractivity contribution >= 4 is 32.6 Å². The Kier molecular flexibility index (Phi) is 4.43. The summed E-state index contributed by atoms with van der Waals surface area (Å²) in [6, 6.07) is 6.10. The molecule has 4 rings (SSSR count). The number of nitrogens with zero attached hydrogens (tertiary/aromatic N) is 2. The zero-order chi connectivity index (χ0) is 19.2. The minimum atomic E-state index is -3.34. The van der Waals surface area contributed by atoms with E-state index in [9.17, 15) is 18.0 Å². The number of furan rings is 1. The highest BCUT2D eigenvalue weighted by atomic mass is 32.2. The van der Waals surface area contributed by atoms with E-state index in [4.69, 9.17) is 9.15 Å².